The number of rotatable bonds is 3. The van der Waals surface area contributed by atoms with Gasteiger partial charge in [-0.3, -0.25) is 4.79 Å². The van der Waals surface area contributed by atoms with Crippen LogP contribution in [0.25, 0.3) is 0 Å². The van der Waals surface area contributed by atoms with Crippen LogP contribution in [0, 0.1) is 11.8 Å². The number of methoxy groups -OCH3 is 1. The van der Waals surface area contributed by atoms with Gasteiger partial charge in [-0.15, -0.1) is 0 Å². The van der Waals surface area contributed by atoms with E-state index in [0.29, 0.717) is 5.92 Å². The van der Waals surface area contributed by atoms with E-state index >= 15 is 0 Å². The first-order valence-electron chi connectivity index (χ1n) is 7.45. The number of benzene rings is 1. The lowest BCUT2D eigenvalue weighted by Crippen LogP contribution is -2.27. The molecule has 1 saturated carbocycles. The molecule has 0 radical (unpaired) electrons. The fraction of sp³-hybridized carbons (Fsp3) is 0.529. The molecule has 2 atom stereocenters. The van der Waals surface area contributed by atoms with Crippen LogP contribution in [0.3, 0.4) is 0 Å². The third-order valence-corrected chi connectivity index (χ3v) is 3.66. The Balaban J connectivity index is 0.000000677. The fourth-order valence-electron chi connectivity index (χ4n) is 2.59. The maximum absolute atomic E-state index is 12.1. The Morgan fingerprint density at radius 3 is 2.43 bits per heavy atom. The zero-order valence-corrected chi connectivity index (χ0v) is 13.1. The van der Waals surface area contributed by atoms with Gasteiger partial charge in [0, 0.05) is 11.6 Å². The van der Waals surface area contributed by atoms with Crippen LogP contribution in [0.2, 0.25) is 0 Å². The summed E-state index contributed by atoms with van der Waals surface area (Å²) in [6.45, 7) is 3.67. The predicted molar refractivity (Wildman–Crippen MR) is 84.5 cm³/mol. The smallest absolute Gasteiger partial charge is 0.227 e. The highest BCUT2D eigenvalue weighted by atomic mass is 16.5. The van der Waals surface area contributed by atoms with Crippen LogP contribution in [0.1, 0.15) is 39.5 Å². The summed E-state index contributed by atoms with van der Waals surface area (Å²) in [6, 6.07) is 7.48. The summed E-state index contributed by atoms with van der Waals surface area (Å²) in [5, 5.41) is 2.99. The van der Waals surface area contributed by atoms with Crippen LogP contribution in [-0.2, 0) is 9.59 Å². The van der Waals surface area contributed by atoms with Gasteiger partial charge in [0.15, 0.2) is 0 Å². The summed E-state index contributed by atoms with van der Waals surface area (Å²) in [7, 11) is 1.64. The van der Waals surface area contributed by atoms with Gasteiger partial charge in [-0.1, -0.05) is 19.8 Å². The monoisotopic (exact) mass is 291 g/mol. The standard InChI is InChI=1S/C15H21NO2.C2H4O/c1-11-4-3-5-12(10-11)15(17)16-13-6-8-14(18-2)9-7-13;1-2-3/h6-9,11-12H,3-5,10H2,1-2H3,(H,16,17);2H,1H3. The van der Waals surface area contributed by atoms with E-state index in [1.165, 1.54) is 19.8 Å². The number of hydrogen-bond donors (Lipinski definition) is 1. The van der Waals surface area contributed by atoms with Gasteiger partial charge in [0.25, 0.3) is 0 Å². The first-order chi connectivity index (χ1) is 10.1. The summed E-state index contributed by atoms with van der Waals surface area (Å²) in [6.07, 6.45) is 5.21. The second kappa shape index (κ2) is 9.16. The van der Waals surface area contributed by atoms with Crippen molar-refractivity contribution in [2.75, 3.05) is 12.4 Å². The Morgan fingerprint density at radius 1 is 1.29 bits per heavy atom. The van der Waals surface area contributed by atoms with Crippen molar-refractivity contribution in [2.24, 2.45) is 11.8 Å². The average Bonchev–Trinajstić information content (AvgIpc) is 2.49. The third kappa shape index (κ3) is 5.98. The molecule has 1 aromatic carbocycles. The molecule has 0 aliphatic heterocycles. The summed E-state index contributed by atoms with van der Waals surface area (Å²) in [4.78, 5) is 20.9. The van der Waals surface area contributed by atoms with Crippen LogP contribution < -0.4 is 10.1 Å². The SMILES string of the molecule is CC=O.COc1ccc(NC(=O)C2CCCC(C)C2)cc1. The Bertz CT molecular complexity index is 442. The molecule has 0 heterocycles. The van der Waals surface area contributed by atoms with E-state index in [1.54, 1.807) is 7.11 Å². The molecular formula is C17H25NO3. The lowest BCUT2D eigenvalue weighted by molar-refractivity contribution is -0.121. The van der Waals surface area contributed by atoms with E-state index in [-0.39, 0.29) is 11.8 Å². The molecule has 2 rings (SSSR count). The van der Waals surface area contributed by atoms with Crippen LogP contribution in [0.5, 0.6) is 5.75 Å². The minimum Gasteiger partial charge on any atom is -0.497 e. The molecule has 0 aromatic heterocycles. The minimum atomic E-state index is 0.159. The maximum Gasteiger partial charge on any atom is 0.227 e. The molecule has 21 heavy (non-hydrogen) atoms. The molecule has 0 bridgehead atoms. The van der Waals surface area contributed by atoms with E-state index in [0.717, 1.165) is 30.6 Å². The summed E-state index contributed by atoms with van der Waals surface area (Å²) >= 11 is 0. The Labute approximate surface area is 126 Å². The van der Waals surface area contributed by atoms with Gasteiger partial charge in [0.2, 0.25) is 5.91 Å². The Hall–Kier alpha value is -1.84. The molecule has 1 aliphatic carbocycles. The predicted octanol–water partition coefficient (Wildman–Crippen LogP) is 3.67. The first-order valence-corrected chi connectivity index (χ1v) is 7.45. The lowest BCUT2D eigenvalue weighted by atomic mass is 9.82. The van der Waals surface area contributed by atoms with Gasteiger partial charge in [-0.05, 0) is 49.9 Å². The highest BCUT2D eigenvalue weighted by Gasteiger charge is 2.24. The summed E-state index contributed by atoms with van der Waals surface area (Å²) in [5.74, 6) is 1.81. The van der Waals surface area contributed by atoms with Crippen molar-refractivity contribution in [1.29, 1.82) is 0 Å². The lowest BCUT2D eigenvalue weighted by Gasteiger charge is -2.25. The third-order valence-electron chi connectivity index (χ3n) is 3.66. The molecule has 0 saturated heterocycles. The molecular weight excluding hydrogens is 266 g/mol. The zero-order chi connectivity index (χ0) is 15.7. The molecule has 0 spiro atoms. The normalized spacial score (nSPS) is 20.7. The quantitative estimate of drug-likeness (QED) is 0.865. The molecule has 1 fully saturated rings. The van der Waals surface area contributed by atoms with Gasteiger partial charge in [0.05, 0.1) is 7.11 Å². The van der Waals surface area contributed by atoms with Crippen molar-refractivity contribution < 1.29 is 14.3 Å². The van der Waals surface area contributed by atoms with Crippen molar-refractivity contribution in [2.45, 2.75) is 39.5 Å². The van der Waals surface area contributed by atoms with Gasteiger partial charge < -0.3 is 14.8 Å². The summed E-state index contributed by atoms with van der Waals surface area (Å²) in [5.41, 5.74) is 0.846. The van der Waals surface area contributed by atoms with Crippen molar-refractivity contribution in [3.63, 3.8) is 0 Å². The summed E-state index contributed by atoms with van der Waals surface area (Å²) < 4.78 is 5.09. The number of ether oxygens (including phenoxy) is 1. The molecule has 4 heteroatoms. The molecule has 4 nitrogen and oxygen atoms in total. The first kappa shape index (κ1) is 17.2. The molecule has 1 N–H and O–H groups in total. The fourth-order valence-corrected chi connectivity index (χ4v) is 2.59. The van der Waals surface area contributed by atoms with E-state index in [1.807, 2.05) is 24.3 Å². The topological polar surface area (TPSA) is 55.4 Å². The van der Waals surface area contributed by atoms with E-state index in [2.05, 4.69) is 12.2 Å². The average molecular weight is 291 g/mol. The van der Waals surface area contributed by atoms with Gasteiger partial charge >= 0.3 is 0 Å². The van der Waals surface area contributed by atoms with E-state index in [9.17, 15) is 4.79 Å². The van der Waals surface area contributed by atoms with E-state index < -0.39 is 0 Å². The van der Waals surface area contributed by atoms with Gasteiger partial charge in [0.1, 0.15) is 12.0 Å². The molecule has 116 valence electrons. The minimum absolute atomic E-state index is 0.159. The second-order valence-corrected chi connectivity index (χ2v) is 5.42. The van der Waals surface area contributed by atoms with Crippen LogP contribution in [-0.4, -0.2) is 19.3 Å². The maximum atomic E-state index is 12.1. The second-order valence-electron chi connectivity index (χ2n) is 5.42. The highest BCUT2D eigenvalue weighted by molar-refractivity contribution is 5.92. The van der Waals surface area contributed by atoms with Crippen LogP contribution >= 0.6 is 0 Å². The van der Waals surface area contributed by atoms with Gasteiger partial charge in [-0.2, -0.15) is 0 Å². The number of aldehydes is 1. The largest absolute Gasteiger partial charge is 0.497 e. The Kier molecular flexibility index (Phi) is 7.51. The zero-order valence-electron chi connectivity index (χ0n) is 13.1. The number of amides is 1. The molecule has 1 aliphatic rings. The van der Waals surface area contributed by atoms with Crippen LogP contribution in [0.15, 0.2) is 24.3 Å². The molecule has 2 unspecified atom stereocenters. The van der Waals surface area contributed by atoms with Crippen molar-refractivity contribution in [1.82, 2.24) is 0 Å². The number of carbonyl (C=O) groups is 2. The molecule has 1 amide bonds. The van der Waals surface area contributed by atoms with Gasteiger partial charge in [-0.25, -0.2) is 0 Å². The van der Waals surface area contributed by atoms with Crippen molar-refractivity contribution >= 4 is 17.9 Å². The number of nitrogens with one attached hydrogen (secondary N) is 1. The Morgan fingerprint density at radius 2 is 1.90 bits per heavy atom. The van der Waals surface area contributed by atoms with Crippen molar-refractivity contribution in [3.8, 4) is 5.75 Å². The number of hydrogen-bond acceptors (Lipinski definition) is 3. The van der Waals surface area contributed by atoms with Crippen LogP contribution in [0.4, 0.5) is 5.69 Å². The number of anilines is 1. The van der Waals surface area contributed by atoms with Crippen molar-refractivity contribution in [3.05, 3.63) is 24.3 Å². The number of carbonyl (C=O) groups excluding carboxylic acids is 2. The van der Waals surface area contributed by atoms with E-state index in [4.69, 9.17) is 9.53 Å². The highest BCUT2D eigenvalue weighted by Crippen LogP contribution is 2.29. The molecule has 1 aromatic rings.